The minimum absolute atomic E-state index is 0.0376. The van der Waals surface area contributed by atoms with Crippen LogP contribution < -0.4 is 11.1 Å². The van der Waals surface area contributed by atoms with Crippen LogP contribution >= 0.6 is 0 Å². The molecule has 2 heterocycles. The summed E-state index contributed by atoms with van der Waals surface area (Å²) >= 11 is 0. The Morgan fingerprint density at radius 1 is 1.61 bits per heavy atom. The Morgan fingerprint density at radius 2 is 2.44 bits per heavy atom. The molecule has 4 N–H and O–H groups in total. The van der Waals surface area contributed by atoms with Gasteiger partial charge < -0.3 is 21.0 Å². The number of hydrogen-bond acceptors (Lipinski definition) is 5. The number of nitrogens with zero attached hydrogens (tertiary/aromatic N) is 2. The number of carbonyl (C=O) groups excluding carboxylic acids is 1. The Kier molecular flexibility index (Phi) is 4.38. The molecule has 2 atom stereocenters. The molecule has 2 aliphatic heterocycles. The van der Waals surface area contributed by atoms with E-state index in [0.717, 1.165) is 19.7 Å². The number of fused-ring (bicyclic) bond motifs is 1. The van der Waals surface area contributed by atoms with Crippen molar-refractivity contribution < 1.29 is 14.7 Å². The number of amides is 1. The molecule has 0 radical (unpaired) electrons. The van der Waals surface area contributed by atoms with E-state index in [-0.39, 0.29) is 24.3 Å². The Balaban J connectivity index is 1.69. The number of nitrogens with one attached hydrogen (secondary N) is 1. The molecule has 0 aromatic rings. The number of morpholine rings is 1. The van der Waals surface area contributed by atoms with Crippen LogP contribution in [0, 0.1) is 0 Å². The normalized spacial score (nSPS) is 29.0. The van der Waals surface area contributed by atoms with E-state index in [1.807, 2.05) is 0 Å². The highest BCUT2D eigenvalue weighted by Crippen LogP contribution is 2.22. The lowest BCUT2D eigenvalue weighted by Crippen LogP contribution is -2.50. The van der Waals surface area contributed by atoms with Crippen molar-refractivity contribution in [3.8, 4) is 0 Å². The van der Waals surface area contributed by atoms with Crippen molar-refractivity contribution in [3.05, 3.63) is 0 Å². The number of amidine groups is 1. The number of nitrogens with two attached hydrogens (primary N) is 1. The first kappa shape index (κ1) is 13.1. The molecule has 2 aliphatic rings. The highest BCUT2D eigenvalue weighted by molar-refractivity contribution is 5.98. The van der Waals surface area contributed by atoms with Crippen molar-refractivity contribution in [2.45, 2.75) is 31.4 Å². The van der Waals surface area contributed by atoms with Crippen LogP contribution in [-0.2, 0) is 9.53 Å². The van der Waals surface area contributed by atoms with Gasteiger partial charge in [0.25, 0.3) is 0 Å². The number of hydrogen-bond donors (Lipinski definition) is 3. The fraction of sp³-hybridized carbons (Fsp3) is 0.818. The Morgan fingerprint density at radius 3 is 3.22 bits per heavy atom. The first-order valence-electron chi connectivity index (χ1n) is 6.28. The predicted molar refractivity (Wildman–Crippen MR) is 65.4 cm³/mol. The molecule has 102 valence electrons. The van der Waals surface area contributed by atoms with Gasteiger partial charge in [-0.05, 0) is 19.4 Å². The van der Waals surface area contributed by atoms with Gasteiger partial charge >= 0.3 is 0 Å². The monoisotopic (exact) mass is 256 g/mol. The molecule has 7 heteroatoms. The zero-order valence-electron chi connectivity index (χ0n) is 10.3. The van der Waals surface area contributed by atoms with Crippen LogP contribution in [0.2, 0.25) is 0 Å². The summed E-state index contributed by atoms with van der Waals surface area (Å²) in [7, 11) is 0. The summed E-state index contributed by atoms with van der Waals surface area (Å²) in [6.07, 6.45) is 2.39. The van der Waals surface area contributed by atoms with E-state index in [1.54, 1.807) is 0 Å². The van der Waals surface area contributed by atoms with E-state index in [0.29, 0.717) is 12.6 Å². The number of ether oxygens (including phenoxy) is 1. The lowest BCUT2D eigenvalue weighted by Gasteiger charge is -2.35. The molecular weight excluding hydrogens is 236 g/mol. The minimum atomic E-state index is -0.252. The van der Waals surface area contributed by atoms with E-state index >= 15 is 0 Å². The second-order valence-electron chi connectivity index (χ2n) is 4.82. The summed E-state index contributed by atoms with van der Waals surface area (Å²) in [4.78, 5) is 13.9. The molecule has 0 saturated carbocycles. The zero-order valence-corrected chi connectivity index (χ0v) is 10.3. The average molecular weight is 256 g/mol. The highest BCUT2D eigenvalue weighted by Gasteiger charge is 2.32. The van der Waals surface area contributed by atoms with Gasteiger partial charge in [0.15, 0.2) is 0 Å². The first-order valence-corrected chi connectivity index (χ1v) is 6.28. The van der Waals surface area contributed by atoms with Gasteiger partial charge in [0.1, 0.15) is 5.84 Å². The molecule has 1 amide bonds. The van der Waals surface area contributed by atoms with Crippen LogP contribution in [0.1, 0.15) is 19.3 Å². The highest BCUT2D eigenvalue weighted by atomic mass is 16.5. The number of oxime groups is 1. The summed E-state index contributed by atoms with van der Waals surface area (Å²) in [5.41, 5.74) is 5.25. The molecule has 0 aromatic carbocycles. The van der Waals surface area contributed by atoms with E-state index in [2.05, 4.69) is 15.4 Å². The van der Waals surface area contributed by atoms with Crippen molar-refractivity contribution in [1.82, 2.24) is 10.2 Å². The lowest BCUT2D eigenvalue weighted by atomic mass is 10.2. The third kappa shape index (κ3) is 3.33. The average Bonchev–Trinajstić information content (AvgIpc) is 2.83. The Labute approximate surface area is 106 Å². The van der Waals surface area contributed by atoms with Gasteiger partial charge in [0.05, 0.1) is 19.1 Å². The van der Waals surface area contributed by atoms with Gasteiger partial charge in [0.2, 0.25) is 5.91 Å². The molecular formula is C11H20N4O3. The van der Waals surface area contributed by atoms with Crippen molar-refractivity contribution in [3.63, 3.8) is 0 Å². The fourth-order valence-corrected chi connectivity index (χ4v) is 2.50. The van der Waals surface area contributed by atoms with Gasteiger partial charge in [-0.2, -0.15) is 0 Å². The van der Waals surface area contributed by atoms with Crippen LogP contribution in [0.25, 0.3) is 0 Å². The van der Waals surface area contributed by atoms with Crippen molar-refractivity contribution >= 4 is 11.7 Å². The molecule has 2 fully saturated rings. The smallest absolute Gasteiger partial charge is 0.227 e. The molecule has 0 bridgehead atoms. The molecule has 18 heavy (non-hydrogen) atoms. The first-order chi connectivity index (χ1) is 8.69. The lowest BCUT2D eigenvalue weighted by molar-refractivity contribution is -0.121. The van der Waals surface area contributed by atoms with Gasteiger partial charge in [0, 0.05) is 19.1 Å². The molecule has 0 spiro atoms. The third-order valence-corrected chi connectivity index (χ3v) is 3.46. The molecule has 0 aliphatic carbocycles. The quantitative estimate of drug-likeness (QED) is 0.262. The molecule has 7 nitrogen and oxygen atoms in total. The fourth-order valence-electron chi connectivity index (χ4n) is 2.50. The zero-order chi connectivity index (χ0) is 13.0. The summed E-state index contributed by atoms with van der Waals surface area (Å²) in [5, 5.41) is 13.9. The Hall–Kier alpha value is -1.34. The van der Waals surface area contributed by atoms with E-state index in [9.17, 15) is 4.79 Å². The summed E-state index contributed by atoms with van der Waals surface area (Å²) in [5.74, 6) is -0.339. The standard InChI is InChI=1S/C11H20N4O3/c12-10(14-17)4-11(16)13-5-9-6-15-3-1-2-8(15)7-18-9/h8-9,17H,1-7H2,(H2,12,14)(H,13,16). The minimum Gasteiger partial charge on any atom is -0.409 e. The number of rotatable bonds is 4. The van der Waals surface area contributed by atoms with Crippen molar-refractivity contribution in [1.29, 1.82) is 0 Å². The summed E-state index contributed by atoms with van der Waals surface area (Å²) in [6.45, 7) is 3.22. The molecule has 2 saturated heterocycles. The summed E-state index contributed by atoms with van der Waals surface area (Å²) < 4.78 is 5.71. The maximum atomic E-state index is 11.4. The van der Waals surface area contributed by atoms with Crippen LogP contribution in [0.15, 0.2) is 5.16 Å². The predicted octanol–water partition coefficient (Wildman–Crippen LogP) is -0.898. The SMILES string of the molecule is NC(CC(=O)NCC1CN2CCCC2CO1)=NO. The van der Waals surface area contributed by atoms with Crippen LogP contribution in [-0.4, -0.2) is 60.2 Å². The van der Waals surface area contributed by atoms with Crippen molar-refractivity contribution in [2.75, 3.05) is 26.2 Å². The van der Waals surface area contributed by atoms with Crippen LogP contribution in [0.3, 0.4) is 0 Å². The van der Waals surface area contributed by atoms with E-state index in [4.69, 9.17) is 15.7 Å². The van der Waals surface area contributed by atoms with Crippen molar-refractivity contribution in [2.24, 2.45) is 10.9 Å². The van der Waals surface area contributed by atoms with Gasteiger partial charge in [-0.15, -0.1) is 0 Å². The largest absolute Gasteiger partial charge is 0.409 e. The third-order valence-electron chi connectivity index (χ3n) is 3.46. The summed E-state index contributed by atoms with van der Waals surface area (Å²) in [6, 6.07) is 0.564. The van der Waals surface area contributed by atoms with Gasteiger partial charge in [-0.3, -0.25) is 9.69 Å². The molecule has 2 unspecified atom stereocenters. The maximum absolute atomic E-state index is 11.4. The second kappa shape index (κ2) is 6.01. The van der Waals surface area contributed by atoms with Gasteiger partial charge in [-0.1, -0.05) is 5.16 Å². The molecule has 0 aromatic heterocycles. The maximum Gasteiger partial charge on any atom is 0.227 e. The van der Waals surface area contributed by atoms with E-state index in [1.165, 1.54) is 12.8 Å². The topological polar surface area (TPSA) is 100 Å². The Bertz CT molecular complexity index is 334. The van der Waals surface area contributed by atoms with E-state index < -0.39 is 0 Å². The van der Waals surface area contributed by atoms with Crippen LogP contribution in [0.4, 0.5) is 0 Å². The second-order valence-corrected chi connectivity index (χ2v) is 4.82. The van der Waals surface area contributed by atoms with Gasteiger partial charge in [-0.25, -0.2) is 0 Å². The molecule has 2 rings (SSSR count). The number of carbonyl (C=O) groups is 1. The van der Waals surface area contributed by atoms with Crippen LogP contribution in [0.5, 0.6) is 0 Å².